The summed E-state index contributed by atoms with van der Waals surface area (Å²) in [5.41, 5.74) is 5.15. The van der Waals surface area contributed by atoms with Gasteiger partial charge < -0.3 is 10.8 Å². The van der Waals surface area contributed by atoms with Crippen LogP contribution in [0.3, 0.4) is 0 Å². The average Bonchev–Trinajstić information content (AvgIpc) is 2.56. The van der Waals surface area contributed by atoms with E-state index in [-0.39, 0.29) is 5.91 Å². The van der Waals surface area contributed by atoms with Crippen LogP contribution in [0.2, 0.25) is 0 Å². The lowest BCUT2D eigenvalue weighted by molar-refractivity contribution is -0.138. The van der Waals surface area contributed by atoms with Crippen LogP contribution in [0, 0.1) is 23.7 Å². The van der Waals surface area contributed by atoms with E-state index in [0.717, 1.165) is 24.7 Å². The van der Waals surface area contributed by atoms with Crippen molar-refractivity contribution in [3.8, 4) is 0 Å². The fraction of sp³-hybridized carbons (Fsp3) is 0.900. The minimum absolute atomic E-state index is 0.130. The van der Waals surface area contributed by atoms with E-state index in [2.05, 4.69) is 13.8 Å². The maximum Gasteiger partial charge on any atom is 0.303 e. The SMILES string of the molecule is CCC1CCC(CC(=O)O)CC1.CCC1CCC(CC(N)=O)CC1. The Bertz CT molecular complexity index is 331. The standard InChI is InChI=1S/C10H19NO.C10H18O2/c2*1-2-8-3-5-9(6-4-8)7-10(11)12/h8-9H,2-7H2,1H3,(H2,11,12);8-9H,2-7H2,1H3,(H,11,12). The number of carboxylic acids is 1. The predicted molar refractivity (Wildman–Crippen MR) is 97.5 cm³/mol. The number of hydrogen-bond acceptors (Lipinski definition) is 2. The number of rotatable bonds is 6. The van der Waals surface area contributed by atoms with Crippen molar-refractivity contribution in [1.82, 2.24) is 0 Å². The molecule has 1 amide bonds. The lowest BCUT2D eigenvalue weighted by atomic mass is 9.79. The van der Waals surface area contributed by atoms with Crippen molar-refractivity contribution in [3.63, 3.8) is 0 Å². The second-order valence-corrected chi connectivity index (χ2v) is 7.86. The molecule has 2 fully saturated rings. The number of nitrogens with two attached hydrogens (primary N) is 1. The van der Waals surface area contributed by atoms with Gasteiger partial charge in [-0.05, 0) is 49.4 Å². The number of hydrogen-bond donors (Lipinski definition) is 2. The van der Waals surface area contributed by atoms with Crippen LogP contribution in [0.4, 0.5) is 0 Å². The van der Waals surface area contributed by atoms with Crippen molar-refractivity contribution in [2.75, 3.05) is 0 Å². The number of carbonyl (C=O) groups excluding carboxylic acids is 1. The van der Waals surface area contributed by atoms with Crippen LogP contribution in [0.15, 0.2) is 0 Å². The Morgan fingerprint density at radius 1 is 0.750 bits per heavy atom. The summed E-state index contributed by atoms with van der Waals surface area (Å²) in [6.07, 6.45) is 13.3. The summed E-state index contributed by atoms with van der Waals surface area (Å²) in [7, 11) is 0. The Balaban J connectivity index is 0.000000240. The van der Waals surface area contributed by atoms with Crippen LogP contribution >= 0.6 is 0 Å². The predicted octanol–water partition coefficient (Wildman–Crippen LogP) is 4.76. The van der Waals surface area contributed by atoms with E-state index in [4.69, 9.17) is 10.8 Å². The lowest BCUT2D eigenvalue weighted by Crippen LogP contribution is -2.20. The second kappa shape index (κ2) is 11.5. The van der Waals surface area contributed by atoms with E-state index in [9.17, 15) is 9.59 Å². The lowest BCUT2D eigenvalue weighted by Gasteiger charge is -2.26. The molecule has 140 valence electrons. The number of carboxylic acid groups (broad SMARTS) is 1. The van der Waals surface area contributed by atoms with E-state index in [1.165, 1.54) is 51.4 Å². The fourth-order valence-electron chi connectivity index (χ4n) is 4.22. The van der Waals surface area contributed by atoms with Crippen molar-refractivity contribution in [2.45, 2.75) is 90.9 Å². The van der Waals surface area contributed by atoms with Crippen LogP contribution in [-0.4, -0.2) is 17.0 Å². The summed E-state index contributed by atoms with van der Waals surface area (Å²) in [5.74, 6) is 2.07. The minimum Gasteiger partial charge on any atom is -0.481 e. The van der Waals surface area contributed by atoms with E-state index in [1.807, 2.05) is 0 Å². The molecule has 0 bridgehead atoms. The van der Waals surface area contributed by atoms with Gasteiger partial charge in [-0.3, -0.25) is 9.59 Å². The van der Waals surface area contributed by atoms with E-state index in [0.29, 0.717) is 24.7 Å². The highest BCUT2D eigenvalue weighted by Crippen LogP contribution is 2.32. The van der Waals surface area contributed by atoms with Crippen LogP contribution in [0.5, 0.6) is 0 Å². The first-order chi connectivity index (χ1) is 11.4. The second-order valence-electron chi connectivity index (χ2n) is 7.86. The van der Waals surface area contributed by atoms with Gasteiger partial charge in [0.25, 0.3) is 0 Å². The van der Waals surface area contributed by atoms with Gasteiger partial charge in [0.05, 0.1) is 0 Å². The van der Waals surface area contributed by atoms with Gasteiger partial charge in [0.1, 0.15) is 0 Å². The topological polar surface area (TPSA) is 80.4 Å². The Morgan fingerprint density at radius 2 is 1.08 bits per heavy atom. The van der Waals surface area contributed by atoms with Crippen molar-refractivity contribution in [1.29, 1.82) is 0 Å². The molecular formula is C20H37NO3. The van der Waals surface area contributed by atoms with Gasteiger partial charge in [-0.2, -0.15) is 0 Å². The molecule has 0 atom stereocenters. The van der Waals surface area contributed by atoms with E-state index < -0.39 is 5.97 Å². The molecule has 0 spiro atoms. The molecule has 0 heterocycles. The van der Waals surface area contributed by atoms with Crippen molar-refractivity contribution in [2.24, 2.45) is 29.4 Å². The molecule has 0 aliphatic heterocycles. The first kappa shape index (κ1) is 21.0. The molecule has 3 N–H and O–H groups in total. The molecule has 4 nitrogen and oxygen atoms in total. The fourth-order valence-corrected chi connectivity index (χ4v) is 4.22. The summed E-state index contributed by atoms with van der Waals surface area (Å²) < 4.78 is 0. The largest absolute Gasteiger partial charge is 0.481 e. The third kappa shape index (κ3) is 8.70. The first-order valence-corrected chi connectivity index (χ1v) is 9.94. The highest BCUT2D eigenvalue weighted by molar-refractivity contribution is 5.73. The van der Waals surface area contributed by atoms with Gasteiger partial charge >= 0.3 is 5.97 Å². The van der Waals surface area contributed by atoms with Crippen LogP contribution in [0.25, 0.3) is 0 Å². The summed E-state index contributed by atoms with van der Waals surface area (Å²) in [6.45, 7) is 4.47. The molecule has 0 aromatic rings. The van der Waals surface area contributed by atoms with Gasteiger partial charge in [0.2, 0.25) is 5.91 Å². The van der Waals surface area contributed by atoms with Crippen LogP contribution < -0.4 is 5.73 Å². The quantitative estimate of drug-likeness (QED) is 0.732. The minimum atomic E-state index is -0.630. The Labute approximate surface area is 147 Å². The molecule has 2 rings (SSSR count). The molecule has 0 radical (unpaired) electrons. The van der Waals surface area contributed by atoms with Crippen molar-refractivity contribution >= 4 is 11.9 Å². The van der Waals surface area contributed by atoms with Gasteiger partial charge in [0.15, 0.2) is 0 Å². The third-order valence-electron chi connectivity index (χ3n) is 6.04. The molecule has 24 heavy (non-hydrogen) atoms. The summed E-state index contributed by atoms with van der Waals surface area (Å²) in [6, 6.07) is 0. The normalized spacial score (nSPS) is 30.1. The average molecular weight is 340 g/mol. The molecule has 0 saturated heterocycles. The Hall–Kier alpha value is -1.06. The Morgan fingerprint density at radius 3 is 1.38 bits per heavy atom. The molecule has 0 unspecified atom stereocenters. The molecule has 0 aromatic heterocycles. The smallest absolute Gasteiger partial charge is 0.303 e. The Kier molecular flexibility index (Phi) is 10.0. The zero-order valence-corrected chi connectivity index (χ0v) is 15.6. The van der Waals surface area contributed by atoms with Gasteiger partial charge in [-0.25, -0.2) is 0 Å². The van der Waals surface area contributed by atoms with Gasteiger partial charge in [-0.1, -0.05) is 52.4 Å². The zero-order valence-electron chi connectivity index (χ0n) is 15.6. The molecule has 2 aliphatic rings. The molecule has 2 aliphatic carbocycles. The summed E-state index contributed by atoms with van der Waals surface area (Å²) in [5, 5.41) is 8.59. The van der Waals surface area contributed by atoms with Crippen molar-refractivity contribution in [3.05, 3.63) is 0 Å². The van der Waals surface area contributed by atoms with Gasteiger partial charge in [-0.15, -0.1) is 0 Å². The summed E-state index contributed by atoms with van der Waals surface area (Å²) in [4.78, 5) is 21.1. The maximum atomic E-state index is 10.6. The maximum absolute atomic E-state index is 10.6. The monoisotopic (exact) mass is 339 g/mol. The van der Waals surface area contributed by atoms with Crippen LogP contribution in [0.1, 0.15) is 90.9 Å². The molecular weight excluding hydrogens is 302 g/mol. The van der Waals surface area contributed by atoms with Crippen molar-refractivity contribution < 1.29 is 14.7 Å². The molecule has 4 heteroatoms. The molecule has 0 aromatic carbocycles. The number of aliphatic carboxylic acids is 1. The molecule has 2 saturated carbocycles. The highest BCUT2D eigenvalue weighted by Gasteiger charge is 2.22. The number of amides is 1. The van der Waals surface area contributed by atoms with Crippen LogP contribution in [-0.2, 0) is 9.59 Å². The van der Waals surface area contributed by atoms with E-state index >= 15 is 0 Å². The third-order valence-corrected chi connectivity index (χ3v) is 6.04. The summed E-state index contributed by atoms with van der Waals surface area (Å²) >= 11 is 0. The number of primary amides is 1. The zero-order chi connectivity index (χ0) is 17.9. The van der Waals surface area contributed by atoms with Gasteiger partial charge in [0, 0.05) is 12.8 Å². The highest BCUT2D eigenvalue weighted by atomic mass is 16.4. The first-order valence-electron chi connectivity index (χ1n) is 9.94. The van der Waals surface area contributed by atoms with E-state index in [1.54, 1.807) is 0 Å². The number of carbonyl (C=O) groups is 2.